The van der Waals surface area contributed by atoms with E-state index < -0.39 is 16.6 Å². The fraction of sp³-hybridized carbons (Fsp3) is 0.800. The third-order valence-electron chi connectivity index (χ3n) is 2.87. The zero-order chi connectivity index (χ0) is 16.3. The first-order valence-electron chi connectivity index (χ1n) is 7.35. The highest BCUT2D eigenvalue weighted by molar-refractivity contribution is 7.84. The Kier molecular flexibility index (Phi) is 5.99. The molecule has 1 aliphatic heterocycles. The molecule has 1 unspecified atom stereocenters. The van der Waals surface area contributed by atoms with Crippen LogP contribution in [0.25, 0.3) is 0 Å². The highest BCUT2D eigenvalue weighted by Crippen LogP contribution is 2.19. The molecular formula is C15H28N2O3S. The minimum Gasteiger partial charge on any atom is -0.443 e. The highest BCUT2D eigenvalue weighted by Gasteiger charge is 2.27. The minimum absolute atomic E-state index is 0.327. The fourth-order valence-electron chi connectivity index (χ4n) is 1.82. The van der Waals surface area contributed by atoms with Crippen LogP contribution < -0.4 is 4.72 Å². The maximum Gasteiger partial charge on any atom is 0.414 e. The van der Waals surface area contributed by atoms with Gasteiger partial charge in [-0.25, -0.2) is 13.7 Å². The second-order valence-electron chi connectivity index (χ2n) is 7.17. The van der Waals surface area contributed by atoms with Crippen LogP contribution in [0.15, 0.2) is 11.8 Å². The van der Waals surface area contributed by atoms with Gasteiger partial charge in [0.1, 0.15) is 5.60 Å². The van der Waals surface area contributed by atoms with Crippen molar-refractivity contribution in [3.8, 4) is 0 Å². The molecule has 1 heterocycles. The molecule has 1 N–H and O–H groups in total. The number of hydrogen-bond donors (Lipinski definition) is 1. The normalized spacial score (nSPS) is 18.2. The lowest BCUT2D eigenvalue weighted by molar-refractivity contribution is 0.0300. The molecule has 21 heavy (non-hydrogen) atoms. The second-order valence-corrected chi connectivity index (χ2v) is 9.22. The quantitative estimate of drug-likeness (QED) is 0.871. The molecule has 0 spiro atoms. The number of rotatable bonds is 3. The van der Waals surface area contributed by atoms with Gasteiger partial charge in [-0.3, -0.25) is 4.90 Å². The monoisotopic (exact) mass is 316 g/mol. The summed E-state index contributed by atoms with van der Waals surface area (Å²) in [7, 11) is -1.16. The van der Waals surface area contributed by atoms with Crippen molar-refractivity contribution in [3.63, 3.8) is 0 Å². The average Bonchev–Trinajstić information content (AvgIpc) is 2.33. The van der Waals surface area contributed by atoms with Crippen molar-refractivity contribution in [2.24, 2.45) is 0 Å². The summed E-state index contributed by atoms with van der Waals surface area (Å²) in [5.41, 5.74) is 0.328. The molecule has 5 nitrogen and oxygen atoms in total. The number of amides is 1. The lowest BCUT2D eigenvalue weighted by Crippen LogP contribution is -2.42. The van der Waals surface area contributed by atoms with Gasteiger partial charge in [-0.2, -0.15) is 0 Å². The molecule has 0 aromatic heterocycles. The van der Waals surface area contributed by atoms with Crippen molar-refractivity contribution in [3.05, 3.63) is 11.8 Å². The number of hydrogen-bond acceptors (Lipinski definition) is 3. The van der Waals surface area contributed by atoms with Gasteiger partial charge in [-0.05, 0) is 54.4 Å². The summed E-state index contributed by atoms with van der Waals surface area (Å²) < 4.78 is 20.1. The van der Waals surface area contributed by atoms with Crippen molar-refractivity contribution < 1.29 is 13.7 Å². The largest absolute Gasteiger partial charge is 0.443 e. The Balaban J connectivity index is 2.68. The maximum absolute atomic E-state index is 12.2. The Morgan fingerprint density at radius 2 is 1.95 bits per heavy atom. The third kappa shape index (κ3) is 6.18. The summed E-state index contributed by atoms with van der Waals surface area (Å²) >= 11 is 0. The SMILES string of the molecule is CC(C)(C)OC(=O)N1CCCC=C1CNS(=O)C(C)(C)C. The van der Waals surface area contributed by atoms with Crippen LogP contribution in [0.3, 0.4) is 0 Å². The Hall–Kier alpha value is -0.880. The van der Waals surface area contributed by atoms with Crippen LogP contribution >= 0.6 is 0 Å². The fourth-order valence-corrected chi connectivity index (χ4v) is 2.53. The van der Waals surface area contributed by atoms with Gasteiger partial charge >= 0.3 is 6.09 Å². The Morgan fingerprint density at radius 1 is 1.33 bits per heavy atom. The van der Waals surface area contributed by atoms with Gasteiger partial charge in [-0.1, -0.05) is 6.08 Å². The van der Waals surface area contributed by atoms with Gasteiger partial charge < -0.3 is 4.74 Å². The number of ether oxygens (including phenoxy) is 1. The van der Waals surface area contributed by atoms with E-state index in [9.17, 15) is 9.00 Å². The van der Waals surface area contributed by atoms with Gasteiger partial charge in [0.2, 0.25) is 0 Å². The summed E-state index contributed by atoms with van der Waals surface area (Å²) in [6, 6.07) is 0. The molecule has 0 aromatic rings. The lowest BCUT2D eigenvalue weighted by atomic mass is 10.1. The van der Waals surface area contributed by atoms with Crippen LogP contribution in [0, 0.1) is 0 Å². The molecule has 0 aliphatic carbocycles. The predicted molar refractivity (Wildman–Crippen MR) is 86.2 cm³/mol. The molecule has 0 saturated carbocycles. The summed E-state index contributed by atoms with van der Waals surface area (Å²) in [6.45, 7) is 12.3. The van der Waals surface area contributed by atoms with Gasteiger partial charge in [0.15, 0.2) is 0 Å². The number of nitrogens with zero attached hydrogens (tertiary/aromatic N) is 1. The van der Waals surface area contributed by atoms with E-state index in [0.717, 1.165) is 18.5 Å². The van der Waals surface area contributed by atoms with Crippen LogP contribution in [0.1, 0.15) is 54.4 Å². The molecular weight excluding hydrogens is 288 g/mol. The van der Waals surface area contributed by atoms with Crippen molar-refractivity contribution in [1.29, 1.82) is 0 Å². The topological polar surface area (TPSA) is 58.6 Å². The molecule has 1 aliphatic rings. The number of allylic oxidation sites excluding steroid dienone is 1. The van der Waals surface area contributed by atoms with E-state index in [4.69, 9.17) is 4.74 Å². The van der Waals surface area contributed by atoms with E-state index in [1.807, 2.05) is 47.6 Å². The van der Waals surface area contributed by atoms with Gasteiger partial charge in [0, 0.05) is 18.8 Å². The van der Waals surface area contributed by atoms with Crippen molar-refractivity contribution >= 4 is 17.1 Å². The van der Waals surface area contributed by atoms with Gasteiger partial charge in [-0.15, -0.1) is 0 Å². The zero-order valence-electron chi connectivity index (χ0n) is 14.0. The predicted octanol–water partition coefficient (Wildman–Crippen LogP) is 2.95. The number of carbonyl (C=O) groups excluding carboxylic acids is 1. The molecule has 0 aromatic carbocycles. The summed E-state index contributed by atoms with van der Waals surface area (Å²) in [4.78, 5) is 13.9. The molecule has 1 atom stereocenters. The molecule has 0 saturated heterocycles. The Morgan fingerprint density at radius 3 is 2.48 bits per heavy atom. The molecule has 0 fully saturated rings. The summed E-state index contributed by atoms with van der Waals surface area (Å²) in [6.07, 6.45) is 3.53. The first-order valence-corrected chi connectivity index (χ1v) is 8.50. The van der Waals surface area contributed by atoms with E-state index in [0.29, 0.717) is 13.1 Å². The van der Waals surface area contributed by atoms with Gasteiger partial charge in [0.25, 0.3) is 0 Å². The molecule has 0 bridgehead atoms. The van der Waals surface area contributed by atoms with E-state index >= 15 is 0 Å². The summed E-state index contributed by atoms with van der Waals surface area (Å²) in [5, 5.41) is 0. The van der Waals surface area contributed by atoms with Crippen LogP contribution in [0.5, 0.6) is 0 Å². The zero-order valence-corrected chi connectivity index (χ0v) is 14.8. The summed E-state index contributed by atoms with van der Waals surface area (Å²) in [5.74, 6) is 0. The molecule has 122 valence electrons. The second kappa shape index (κ2) is 6.92. The van der Waals surface area contributed by atoms with Crippen molar-refractivity contribution in [1.82, 2.24) is 9.62 Å². The maximum atomic E-state index is 12.2. The van der Waals surface area contributed by atoms with Crippen molar-refractivity contribution in [2.45, 2.75) is 64.7 Å². The van der Waals surface area contributed by atoms with E-state index in [1.165, 1.54) is 0 Å². The van der Waals surface area contributed by atoms with Crippen LogP contribution in [0.2, 0.25) is 0 Å². The molecule has 1 rings (SSSR count). The first-order chi connectivity index (χ1) is 9.50. The number of nitrogens with one attached hydrogen (secondary N) is 1. The Labute approximate surface area is 130 Å². The van der Waals surface area contributed by atoms with Crippen LogP contribution in [0.4, 0.5) is 4.79 Å². The number of carbonyl (C=O) groups is 1. The van der Waals surface area contributed by atoms with Crippen LogP contribution in [-0.4, -0.2) is 38.6 Å². The lowest BCUT2D eigenvalue weighted by Gasteiger charge is -2.31. The van der Waals surface area contributed by atoms with Gasteiger partial charge in [0.05, 0.1) is 15.7 Å². The Bertz CT molecular complexity index is 433. The van der Waals surface area contributed by atoms with Crippen molar-refractivity contribution in [2.75, 3.05) is 13.1 Å². The molecule has 1 amide bonds. The molecule has 0 radical (unpaired) electrons. The third-order valence-corrected chi connectivity index (χ3v) is 4.39. The van der Waals surface area contributed by atoms with E-state index in [-0.39, 0.29) is 10.8 Å². The standard InChI is InChI=1S/C15H28N2O3S/c1-14(2,3)20-13(18)17-10-8-7-9-12(17)11-16-21(19)15(4,5)6/h9,16H,7-8,10-11H2,1-6H3. The smallest absolute Gasteiger partial charge is 0.414 e. The first kappa shape index (κ1) is 18.2. The van der Waals surface area contributed by atoms with E-state index in [1.54, 1.807) is 4.90 Å². The minimum atomic E-state index is -1.16. The van der Waals surface area contributed by atoms with Crippen LogP contribution in [-0.2, 0) is 15.7 Å². The average molecular weight is 316 g/mol. The van der Waals surface area contributed by atoms with E-state index in [2.05, 4.69) is 4.72 Å². The highest BCUT2D eigenvalue weighted by atomic mass is 32.2. The molecule has 6 heteroatoms.